The van der Waals surface area contributed by atoms with Crippen molar-refractivity contribution in [3.05, 3.63) is 29.8 Å². The Balaban J connectivity index is 2.44. The maximum Gasteiger partial charge on any atom is 0.224 e. The van der Waals surface area contributed by atoms with Gasteiger partial charge in [-0.2, -0.15) is 0 Å². The molecular weight excluding hydrogens is 244 g/mol. The van der Waals surface area contributed by atoms with E-state index in [-0.39, 0.29) is 5.91 Å². The van der Waals surface area contributed by atoms with E-state index in [9.17, 15) is 4.79 Å². The number of hydrogen-bond donors (Lipinski definition) is 2. The highest BCUT2D eigenvalue weighted by molar-refractivity contribution is 7.80. The zero-order chi connectivity index (χ0) is 13.4. The summed E-state index contributed by atoms with van der Waals surface area (Å²) in [5.41, 5.74) is 7.07. The van der Waals surface area contributed by atoms with Crippen LogP contribution in [0.3, 0.4) is 0 Å². The van der Waals surface area contributed by atoms with E-state index in [0.717, 1.165) is 24.1 Å². The molecule has 0 spiro atoms. The van der Waals surface area contributed by atoms with Gasteiger partial charge in [0.25, 0.3) is 0 Å². The van der Waals surface area contributed by atoms with Crippen LogP contribution in [0.15, 0.2) is 24.3 Å². The standard InChI is InChI=1S/C14H20N2OS/c1-2-3-4-5-9-13(17)16-12-8-6-7-11(10-12)14(15)18/h6-8,10H,2-5,9H2,1H3,(H2,15,18)(H,16,17). The summed E-state index contributed by atoms with van der Waals surface area (Å²) in [6, 6.07) is 7.30. The first-order valence-electron chi connectivity index (χ1n) is 6.33. The van der Waals surface area contributed by atoms with Gasteiger partial charge in [0.15, 0.2) is 0 Å². The maximum absolute atomic E-state index is 11.7. The molecule has 0 saturated heterocycles. The molecule has 4 heteroatoms. The summed E-state index contributed by atoms with van der Waals surface area (Å²) in [5.74, 6) is 0.0474. The predicted molar refractivity (Wildman–Crippen MR) is 79.7 cm³/mol. The smallest absolute Gasteiger partial charge is 0.224 e. The number of amides is 1. The van der Waals surface area contributed by atoms with Crippen LogP contribution < -0.4 is 11.1 Å². The van der Waals surface area contributed by atoms with Crippen molar-refractivity contribution < 1.29 is 4.79 Å². The lowest BCUT2D eigenvalue weighted by Crippen LogP contribution is -2.13. The van der Waals surface area contributed by atoms with E-state index in [1.807, 2.05) is 18.2 Å². The Hall–Kier alpha value is -1.42. The molecule has 98 valence electrons. The van der Waals surface area contributed by atoms with Crippen molar-refractivity contribution in [2.45, 2.75) is 39.0 Å². The van der Waals surface area contributed by atoms with Crippen LogP contribution in [0, 0.1) is 0 Å². The molecule has 0 bridgehead atoms. The van der Waals surface area contributed by atoms with Gasteiger partial charge in [-0.15, -0.1) is 0 Å². The Kier molecular flexibility index (Phi) is 6.36. The molecule has 0 saturated carbocycles. The second-order valence-electron chi connectivity index (χ2n) is 4.30. The summed E-state index contributed by atoms with van der Waals surface area (Å²) in [6.45, 7) is 2.15. The molecule has 1 amide bonds. The van der Waals surface area contributed by atoms with Crippen LogP contribution in [0.25, 0.3) is 0 Å². The first kappa shape index (κ1) is 14.6. The Bertz CT molecular complexity index is 418. The highest BCUT2D eigenvalue weighted by atomic mass is 32.1. The molecule has 3 N–H and O–H groups in total. The summed E-state index contributed by atoms with van der Waals surface area (Å²) in [4.78, 5) is 12.0. The van der Waals surface area contributed by atoms with E-state index in [2.05, 4.69) is 12.2 Å². The number of nitrogens with two attached hydrogens (primary N) is 1. The van der Waals surface area contributed by atoms with E-state index in [1.165, 1.54) is 12.8 Å². The number of carbonyl (C=O) groups excluding carboxylic acids is 1. The van der Waals surface area contributed by atoms with Crippen molar-refractivity contribution in [2.24, 2.45) is 5.73 Å². The quantitative estimate of drug-likeness (QED) is 0.587. The van der Waals surface area contributed by atoms with E-state index in [0.29, 0.717) is 11.4 Å². The van der Waals surface area contributed by atoms with Crippen molar-refractivity contribution >= 4 is 28.8 Å². The Morgan fingerprint density at radius 3 is 2.78 bits per heavy atom. The average molecular weight is 264 g/mol. The topological polar surface area (TPSA) is 55.1 Å². The number of nitrogens with one attached hydrogen (secondary N) is 1. The third-order valence-corrected chi connectivity index (χ3v) is 2.92. The van der Waals surface area contributed by atoms with Gasteiger partial charge in [0.2, 0.25) is 5.91 Å². The van der Waals surface area contributed by atoms with E-state index >= 15 is 0 Å². The molecule has 0 aliphatic carbocycles. The van der Waals surface area contributed by atoms with Crippen LogP contribution in [0.4, 0.5) is 5.69 Å². The summed E-state index contributed by atoms with van der Waals surface area (Å²) < 4.78 is 0. The molecule has 0 fully saturated rings. The van der Waals surface area contributed by atoms with Crippen LogP contribution in [0.2, 0.25) is 0 Å². The molecule has 0 aliphatic heterocycles. The number of anilines is 1. The van der Waals surface area contributed by atoms with E-state index in [1.54, 1.807) is 6.07 Å². The van der Waals surface area contributed by atoms with Crippen molar-refractivity contribution in [3.63, 3.8) is 0 Å². The van der Waals surface area contributed by atoms with Gasteiger partial charge in [-0.25, -0.2) is 0 Å². The van der Waals surface area contributed by atoms with Crippen molar-refractivity contribution in [1.29, 1.82) is 0 Å². The summed E-state index contributed by atoms with van der Waals surface area (Å²) in [5, 5.41) is 2.86. The Morgan fingerprint density at radius 2 is 2.11 bits per heavy atom. The van der Waals surface area contributed by atoms with E-state index in [4.69, 9.17) is 18.0 Å². The molecule has 0 atom stereocenters. The van der Waals surface area contributed by atoms with Crippen molar-refractivity contribution in [3.8, 4) is 0 Å². The lowest BCUT2D eigenvalue weighted by Gasteiger charge is -2.06. The molecule has 1 aromatic rings. The number of carbonyl (C=O) groups is 1. The molecule has 1 aromatic carbocycles. The summed E-state index contributed by atoms with van der Waals surface area (Å²) in [6.07, 6.45) is 4.98. The first-order valence-corrected chi connectivity index (χ1v) is 6.74. The zero-order valence-corrected chi connectivity index (χ0v) is 11.6. The molecule has 0 aliphatic rings. The number of thiocarbonyl (C=S) groups is 1. The third-order valence-electron chi connectivity index (χ3n) is 2.69. The third kappa shape index (κ3) is 5.27. The molecular formula is C14H20N2OS. The van der Waals surface area contributed by atoms with Gasteiger partial charge in [-0.1, -0.05) is 50.5 Å². The number of benzene rings is 1. The van der Waals surface area contributed by atoms with Gasteiger partial charge in [-0.05, 0) is 18.6 Å². The molecule has 0 radical (unpaired) electrons. The molecule has 1 rings (SSSR count). The average Bonchev–Trinajstić information content (AvgIpc) is 2.35. The van der Waals surface area contributed by atoms with Gasteiger partial charge >= 0.3 is 0 Å². The van der Waals surface area contributed by atoms with Crippen LogP contribution in [0.1, 0.15) is 44.6 Å². The summed E-state index contributed by atoms with van der Waals surface area (Å²) >= 11 is 4.90. The minimum absolute atomic E-state index is 0.0474. The predicted octanol–water partition coefficient (Wildman–Crippen LogP) is 3.23. The zero-order valence-electron chi connectivity index (χ0n) is 10.7. The van der Waals surface area contributed by atoms with Gasteiger partial charge in [0.1, 0.15) is 4.99 Å². The largest absolute Gasteiger partial charge is 0.389 e. The van der Waals surface area contributed by atoms with Crippen LogP contribution in [-0.4, -0.2) is 10.9 Å². The van der Waals surface area contributed by atoms with Gasteiger partial charge < -0.3 is 11.1 Å². The van der Waals surface area contributed by atoms with Gasteiger partial charge in [-0.3, -0.25) is 4.79 Å². The number of hydrogen-bond acceptors (Lipinski definition) is 2. The SMILES string of the molecule is CCCCCCC(=O)Nc1cccc(C(N)=S)c1. The molecule has 3 nitrogen and oxygen atoms in total. The van der Waals surface area contributed by atoms with Gasteiger partial charge in [0, 0.05) is 17.7 Å². The van der Waals surface area contributed by atoms with Crippen LogP contribution >= 0.6 is 12.2 Å². The molecule has 0 heterocycles. The van der Waals surface area contributed by atoms with Crippen LogP contribution in [-0.2, 0) is 4.79 Å². The summed E-state index contributed by atoms with van der Waals surface area (Å²) in [7, 11) is 0. The number of unbranched alkanes of at least 4 members (excludes halogenated alkanes) is 3. The lowest BCUT2D eigenvalue weighted by atomic mass is 10.1. The molecule has 0 unspecified atom stereocenters. The van der Waals surface area contributed by atoms with Crippen LogP contribution in [0.5, 0.6) is 0 Å². The van der Waals surface area contributed by atoms with E-state index < -0.39 is 0 Å². The number of rotatable bonds is 7. The minimum Gasteiger partial charge on any atom is -0.389 e. The fourth-order valence-electron chi connectivity index (χ4n) is 1.69. The minimum atomic E-state index is 0.0474. The second kappa shape index (κ2) is 7.82. The highest BCUT2D eigenvalue weighted by Crippen LogP contribution is 2.12. The fourth-order valence-corrected chi connectivity index (χ4v) is 1.81. The highest BCUT2D eigenvalue weighted by Gasteiger charge is 2.03. The van der Waals surface area contributed by atoms with Gasteiger partial charge in [0.05, 0.1) is 0 Å². The molecule has 18 heavy (non-hydrogen) atoms. The first-order chi connectivity index (χ1) is 8.63. The lowest BCUT2D eigenvalue weighted by molar-refractivity contribution is -0.116. The van der Waals surface area contributed by atoms with Crippen molar-refractivity contribution in [2.75, 3.05) is 5.32 Å². The Labute approximate surface area is 114 Å². The maximum atomic E-state index is 11.7. The van der Waals surface area contributed by atoms with Crippen molar-refractivity contribution in [1.82, 2.24) is 0 Å². The second-order valence-corrected chi connectivity index (χ2v) is 4.74. The fraction of sp³-hybridized carbons (Fsp3) is 0.429. The molecule has 0 aromatic heterocycles. The monoisotopic (exact) mass is 264 g/mol. The normalized spacial score (nSPS) is 10.1. The Morgan fingerprint density at radius 1 is 1.33 bits per heavy atom.